The van der Waals surface area contributed by atoms with Gasteiger partial charge in [0.2, 0.25) is 15.0 Å². The van der Waals surface area contributed by atoms with Crippen molar-refractivity contribution in [1.29, 1.82) is 0 Å². The highest BCUT2D eigenvalue weighted by Gasteiger charge is 2.27. The number of nitro benzene ring substituents is 1. The Bertz CT molecular complexity index is 1540. The zero-order chi connectivity index (χ0) is 31.8. The van der Waals surface area contributed by atoms with E-state index in [1.165, 1.54) is 35.4 Å². The molecule has 14 heteroatoms. The molecule has 0 bridgehead atoms. The number of nitrogens with zero attached hydrogens (tertiary/aromatic N) is 3. The van der Waals surface area contributed by atoms with E-state index < -0.39 is 31.7 Å². The van der Waals surface area contributed by atoms with Gasteiger partial charge in [0.15, 0.2) is 0 Å². The van der Waals surface area contributed by atoms with E-state index >= 15 is 0 Å². The molecule has 0 aliphatic carbocycles. The number of hydrogen-bond donors (Lipinski definition) is 3. The van der Waals surface area contributed by atoms with Crippen molar-refractivity contribution in [2.24, 2.45) is 0 Å². The van der Waals surface area contributed by atoms with E-state index in [0.717, 1.165) is 30.1 Å². The van der Waals surface area contributed by atoms with E-state index in [4.69, 9.17) is 4.74 Å². The van der Waals surface area contributed by atoms with Crippen molar-refractivity contribution < 1.29 is 22.9 Å². The zero-order valence-electron chi connectivity index (χ0n) is 25.4. The molecule has 1 aromatic heterocycles. The van der Waals surface area contributed by atoms with Gasteiger partial charge in [-0.25, -0.2) is 18.6 Å². The van der Waals surface area contributed by atoms with Gasteiger partial charge in [0, 0.05) is 35.8 Å². The van der Waals surface area contributed by atoms with Crippen LogP contribution in [-0.2, 0) is 26.4 Å². The van der Waals surface area contributed by atoms with Crippen molar-refractivity contribution in [3.8, 4) is 5.75 Å². The van der Waals surface area contributed by atoms with Crippen molar-refractivity contribution in [2.75, 3.05) is 18.6 Å². The van der Waals surface area contributed by atoms with E-state index in [1.807, 2.05) is 6.07 Å². The SMILES string of the molecule is CCC(C)(C)c1ccc(OCCCNC(=O)NNc2nc(S(=O)(=O)Cc3cccc([N+](=O)[O-])c3)ns2)c(C(C)(C)CC)c1. The van der Waals surface area contributed by atoms with Crippen molar-refractivity contribution in [3.63, 3.8) is 0 Å². The molecule has 0 spiro atoms. The Kier molecular flexibility index (Phi) is 11.1. The quantitative estimate of drug-likeness (QED) is 0.105. The highest BCUT2D eigenvalue weighted by atomic mass is 32.2. The molecule has 2 aromatic carbocycles. The lowest BCUT2D eigenvalue weighted by atomic mass is 9.76. The van der Waals surface area contributed by atoms with Gasteiger partial charge in [0.05, 0.1) is 17.3 Å². The fourth-order valence-corrected chi connectivity index (χ4v) is 6.07. The smallest absolute Gasteiger partial charge is 0.333 e. The maximum Gasteiger partial charge on any atom is 0.333 e. The number of nitrogens with one attached hydrogen (secondary N) is 3. The van der Waals surface area contributed by atoms with E-state index in [9.17, 15) is 23.3 Å². The average Bonchev–Trinajstić information content (AvgIpc) is 3.46. The summed E-state index contributed by atoms with van der Waals surface area (Å²) in [7, 11) is -3.96. The number of benzene rings is 2. The Morgan fingerprint density at radius 2 is 1.79 bits per heavy atom. The molecule has 3 N–H and O–H groups in total. The molecule has 0 fully saturated rings. The van der Waals surface area contributed by atoms with Gasteiger partial charge in [-0.1, -0.05) is 65.8 Å². The minimum atomic E-state index is -3.96. The molecule has 1 heterocycles. The third kappa shape index (κ3) is 9.10. The summed E-state index contributed by atoms with van der Waals surface area (Å²) in [6.07, 6.45) is 2.57. The lowest BCUT2D eigenvalue weighted by Crippen LogP contribution is -2.39. The van der Waals surface area contributed by atoms with Crippen molar-refractivity contribution in [2.45, 2.75) is 82.5 Å². The monoisotopic (exact) mass is 632 g/mol. The molecule has 0 saturated carbocycles. The molecular weight excluding hydrogens is 592 g/mol. The maximum atomic E-state index is 12.7. The minimum Gasteiger partial charge on any atom is -0.493 e. The number of aromatic nitrogens is 2. The van der Waals surface area contributed by atoms with Crippen LogP contribution in [-0.4, -0.2) is 41.9 Å². The number of non-ortho nitro benzene ring substituents is 1. The third-order valence-corrected chi connectivity index (χ3v) is 9.77. The van der Waals surface area contributed by atoms with Crippen LogP contribution in [0.1, 0.15) is 77.5 Å². The van der Waals surface area contributed by atoms with Crippen molar-refractivity contribution >= 4 is 38.2 Å². The van der Waals surface area contributed by atoms with Gasteiger partial charge in [-0.15, -0.1) is 0 Å². The van der Waals surface area contributed by atoms with E-state index in [2.05, 4.69) is 79.2 Å². The molecule has 234 valence electrons. The molecule has 12 nitrogen and oxygen atoms in total. The first-order chi connectivity index (χ1) is 20.2. The topological polar surface area (TPSA) is 165 Å². The van der Waals surface area contributed by atoms with Crippen LogP contribution in [0.4, 0.5) is 15.6 Å². The number of hydrogen-bond acceptors (Lipinski definition) is 10. The molecule has 43 heavy (non-hydrogen) atoms. The molecular formula is C29H40N6O6S2. The van der Waals surface area contributed by atoms with Gasteiger partial charge in [-0.2, -0.15) is 9.36 Å². The predicted octanol–water partition coefficient (Wildman–Crippen LogP) is 5.89. The van der Waals surface area contributed by atoms with Crippen LogP contribution in [0, 0.1) is 10.1 Å². The molecule has 0 unspecified atom stereocenters. The van der Waals surface area contributed by atoms with Gasteiger partial charge >= 0.3 is 6.03 Å². The Morgan fingerprint density at radius 3 is 2.47 bits per heavy atom. The van der Waals surface area contributed by atoms with Crippen LogP contribution >= 0.6 is 11.5 Å². The van der Waals surface area contributed by atoms with Gasteiger partial charge < -0.3 is 10.1 Å². The number of sulfone groups is 1. The molecule has 0 saturated heterocycles. The summed E-state index contributed by atoms with van der Waals surface area (Å²) in [4.78, 5) is 26.5. The van der Waals surface area contributed by atoms with E-state index in [-0.39, 0.29) is 27.2 Å². The summed E-state index contributed by atoms with van der Waals surface area (Å²) in [5.74, 6) is 0.347. The Morgan fingerprint density at radius 1 is 1.07 bits per heavy atom. The number of rotatable bonds is 15. The zero-order valence-corrected chi connectivity index (χ0v) is 27.0. The molecule has 0 atom stereocenters. The number of carbonyl (C=O) groups is 1. The van der Waals surface area contributed by atoms with E-state index in [1.54, 1.807) is 0 Å². The number of carbonyl (C=O) groups excluding carboxylic acids is 1. The summed E-state index contributed by atoms with van der Waals surface area (Å²) in [5, 5.41) is 13.3. The molecule has 3 aromatic rings. The van der Waals surface area contributed by atoms with Gasteiger partial charge in [0.1, 0.15) is 5.75 Å². The molecule has 3 rings (SSSR count). The second-order valence-electron chi connectivity index (χ2n) is 11.5. The summed E-state index contributed by atoms with van der Waals surface area (Å²) in [5.41, 5.74) is 7.45. The fraction of sp³-hybridized carbons (Fsp3) is 0.483. The van der Waals surface area contributed by atoms with Crippen LogP contribution in [0.3, 0.4) is 0 Å². The van der Waals surface area contributed by atoms with Crippen LogP contribution < -0.4 is 20.9 Å². The first-order valence-corrected chi connectivity index (χ1v) is 16.5. The first kappa shape index (κ1) is 33.7. The van der Waals surface area contributed by atoms with Gasteiger partial charge in [-0.3, -0.25) is 15.5 Å². The largest absolute Gasteiger partial charge is 0.493 e. The van der Waals surface area contributed by atoms with Crippen LogP contribution in [0.2, 0.25) is 0 Å². The Hall–Kier alpha value is -3.78. The normalized spacial score (nSPS) is 12.0. The van der Waals surface area contributed by atoms with Gasteiger partial charge in [-0.05, 0) is 47.3 Å². The van der Waals surface area contributed by atoms with Crippen LogP contribution in [0.15, 0.2) is 47.6 Å². The summed E-state index contributed by atoms with van der Waals surface area (Å²) >= 11 is 0.753. The minimum absolute atomic E-state index is 0.0504. The fourth-order valence-electron chi connectivity index (χ4n) is 4.04. The number of urea groups is 1. The summed E-state index contributed by atoms with van der Waals surface area (Å²) < 4.78 is 35.3. The summed E-state index contributed by atoms with van der Waals surface area (Å²) in [6, 6.07) is 11.3. The average molecular weight is 633 g/mol. The lowest BCUT2D eigenvalue weighted by Gasteiger charge is -2.30. The Labute approximate surface area is 256 Å². The highest BCUT2D eigenvalue weighted by molar-refractivity contribution is 7.90. The molecule has 0 radical (unpaired) electrons. The number of ether oxygens (including phenoxy) is 1. The second-order valence-corrected chi connectivity index (χ2v) is 14.1. The molecule has 0 aliphatic rings. The number of nitro groups is 1. The van der Waals surface area contributed by atoms with Gasteiger partial charge in [0.25, 0.3) is 10.8 Å². The number of amides is 2. The standard InChI is InChI=1S/C29H40N6O6S2/c1-7-28(3,4)21-13-14-24(23(18-21)29(5,6)8-2)41-16-10-15-30-25(36)32-33-26-31-27(34-42-26)43(39,40)19-20-11-9-12-22(17-20)35(37)38/h9,11-14,17-18H,7-8,10,15-16,19H2,1-6H3,(H2,30,32,36)(H,31,33,34). The highest BCUT2D eigenvalue weighted by Crippen LogP contribution is 2.38. The lowest BCUT2D eigenvalue weighted by molar-refractivity contribution is -0.384. The van der Waals surface area contributed by atoms with Crippen LogP contribution in [0.25, 0.3) is 0 Å². The predicted molar refractivity (Wildman–Crippen MR) is 167 cm³/mol. The molecule has 2 amide bonds. The van der Waals surface area contributed by atoms with Crippen LogP contribution in [0.5, 0.6) is 5.75 Å². The van der Waals surface area contributed by atoms with E-state index in [0.29, 0.717) is 19.6 Å². The third-order valence-electron chi connectivity index (χ3n) is 7.57. The number of hydrazine groups is 1. The first-order valence-electron chi connectivity index (χ1n) is 14.1. The Balaban J connectivity index is 1.47. The number of anilines is 1. The molecule has 0 aliphatic heterocycles. The summed E-state index contributed by atoms with van der Waals surface area (Å²) in [6.45, 7) is 14.0. The second kappa shape index (κ2) is 14.1. The maximum absolute atomic E-state index is 12.7. The van der Waals surface area contributed by atoms with Crippen molar-refractivity contribution in [1.82, 2.24) is 20.1 Å². The van der Waals surface area contributed by atoms with Crippen molar-refractivity contribution in [3.05, 3.63) is 69.3 Å².